The molecule has 0 bridgehead atoms. The molecule has 0 fully saturated rings. The summed E-state index contributed by atoms with van der Waals surface area (Å²) in [4.78, 5) is 42.0. The summed E-state index contributed by atoms with van der Waals surface area (Å²) in [7, 11) is 0. The summed E-state index contributed by atoms with van der Waals surface area (Å²) >= 11 is 0. The highest BCUT2D eigenvalue weighted by Gasteiger charge is 2.44. The minimum absolute atomic E-state index is 0.0152. The van der Waals surface area contributed by atoms with Gasteiger partial charge in [0.15, 0.2) is 0 Å². The van der Waals surface area contributed by atoms with Crippen LogP contribution in [0.1, 0.15) is 24.8 Å². The monoisotopic (exact) mass is 486 g/mol. The maximum absolute atomic E-state index is 13.3. The van der Waals surface area contributed by atoms with Crippen molar-refractivity contribution in [1.82, 2.24) is 14.6 Å². The molecule has 1 N–H and O–H groups in total. The lowest BCUT2D eigenvalue weighted by atomic mass is 9.99. The highest BCUT2D eigenvalue weighted by atomic mass is 19.4. The van der Waals surface area contributed by atoms with E-state index in [0.717, 1.165) is 19.5 Å². The van der Waals surface area contributed by atoms with Gasteiger partial charge in [0, 0.05) is 19.6 Å². The number of rotatable bonds is 7. The molecule has 0 spiro atoms. The lowest BCUT2D eigenvalue weighted by molar-refractivity contribution is -0.172. The van der Waals surface area contributed by atoms with Crippen molar-refractivity contribution < 1.29 is 18.0 Å². The molecule has 1 aliphatic rings. The van der Waals surface area contributed by atoms with E-state index in [9.17, 15) is 27.6 Å². The number of alkyl halides is 3. The molecule has 0 radical (unpaired) electrons. The molecular formula is C25H25F3N4O3. The van der Waals surface area contributed by atoms with Crippen LogP contribution in [0.4, 0.5) is 13.2 Å². The van der Waals surface area contributed by atoms with Gasteiger partial charge in [0.2, 0.25) is 0 Å². The van der Waals surface area contributed by atoms with Crippen molar-refractivity contribution in [3.8, 4) is 0 Å². The van der Waals surface area contributed by atoms with Crippen LogP contribution >= 0.6 is 0 Å². The number of nitrogens with zero attached hydrogens (tertiary/aromatic N) is 3. The zero-order chi connectivity index (χ0) is 25.0. The number of fused-ring (bicyclic) bond motifs is 1. The molecule has 10 heteroatoms. The van der Waals surface area contributed by atoms with Gasteiger partial charge < -0.3 is 4.98 Å². The third kappa shape index (κ3) is 5.54. The Bertz CT molecular complexity index is 1350. The molecule has 1 amide bonds. The zero-order valence-corrected chi connectivity index (χ0v) is 18.9. The van der Waals surface area contributed by atoms with Crippen molar-refractivity contribution >= 4 is 22.4 Å². The highest BCUT2D eigenvalue weighted by Crippen LogP contribution is 2.22. The summed E-state index contributed by atoms with van der Waals surface area (Å²) in [6.45, 7) is 1.74. The maximum Gasteiger partial charge on any atom is 0.473 e. The largest absolute Gasteiger partial charge is 0.473 e. The fourth-order valence-electron chi connectivity index (χ4n) is 4.24. The van der Waals surface area contributed by atoms with Crippen LogP contribution < -0.4 is 16.3 Å². The Kier molecular flexibility index (Phi) is 7.20. The number of hydrogen-bond donors (Lipinski definition) is 1. The summed E-state index contributed by atoms with van der Waals surface area (Å²) in [5.41, 5.74) is 0.557. The van der Waals surface area contributed by atoms with Gasteiger partial charge in [-0.2, -0.15) is 17.8 Å². The molecule has 0 unspecified atom stereocenters. The molecule has 0 aliphatic carbocycles. The Morgan fingerprint density at radius 3 is 2.40 bits per heavy atom. The van der Waals surface area contributed by atoms with Crippen LogP contribution in [0.15, 0.2) is 70.3 Å². The van der Waals surface area contributed by atoms with Gasteiger partial charge in [-0.3, -0.25) is 14.5 Å². The van der Waals surface area contributed by atoms with E-state index >= 15 is 0 Å². The molecule has 0 saturated heterocycles. The van der Waals surface area contributed by atoms with Gasteiger partial charge in [-0.05, 0) is 49.1 Å². The number of carbonyl (C=O) groups excluding carboxylic acids is 1. The van der Waals surface area contributed by atoms with Gasteiger partial charge in [-0.25, -0.2) is 9.80 Å². The van der Waals surface area contributed by atoms with Gasteiger partial charge in [-0.1, -0.05) is 48.5 Å². The number of carbonyl (C=O) groups is 1. The molecule has 35 heavy (non-hydrogen) atoms. The van der Waals surface area contributed by atoms with E-state index in [0.29, 0.717) is 13.0 Å². The normalized spacial score (nSPS) is 14.7. The lowest BCUT2D eigenvalue weighted by Gasteiger charge is -2.27. The number of nitrogens with one attached hydrogen (secondary N) is 1. The number of para-hydroxylation sites is 1. The lowest BCUT2D eigenvalue weighted by Crippen LogP contribution is -2.57. The van der Waals surface area contributed by atoms with Crippen LogP contribution in [0.3, 0.4) is 0 Å². The Labute approximate surface area is 199 Å². The second-order valence-corrected chi connectivity index (χ2v) is 8.37. The van der Waals surface area contributed by atoms with Gasteiger partial charge in [0.1, 0.15) is 0 Å². The molecule has 3 aromatic rings. The molecule has 1 aromatic heterocycles. The number of benzene rings is 2. The second-order valence-electron chi connectivity index (χ2n) is 8.37. The number of unbranched alkanes of at least 4 members (excludes halogenated alkanes) is 1. The Hall–Kier alpha value is -3.66. The van der Waals surface area contributed by atoms with Crippen molar-refractivity contribution in [1.29, 1.82) is 0 Å². The molecule has 1 aliphatic heterocycles. The first-order valence-electron chi connectivity index (χ1n) is 11.4. The first-order chi connectivity index (χ1) is 16.8. The van der Waals surface area contributed by atoms with Crippen molar-refractivity contribution in [2.45, 2.75) is 25.4 Å². The predicted octanol–water partition coefficient (Wildman–Crippen LogP) is 3.29. The topological polar surface area (TPSA) is 78.4 Å². The number of hydrogen-bond acceptors (Lipinski definition) is 4. The summed E-state index contributed by atoms with van der Waals surface area (Å²) in [5, 5.41) is 0.221. The molecule has 4 rings (SSSR count). The van der Waals surface area contributed by atoms with Crippen LogP contribution in [0.2, 0.25) is 0 Å². The molecule has 7 nitrogen and oxygen atoms in total. The average Bonchev–Trinajstić information content (AvgIpc) is 2.85. The predicted molar refractivity (Wildman–Crippen MR) is 128 cm³/mol. The third-order valence-electron chi connectivity index (χ3n) is 6.03. The summed E-state index contributed by atoms with van der Waals surface area (Å²) in [5.74, 6) is -2.26. The minimum atomic E-state index is -5.23. The van der Waals surface area contributed by atoms with Gasteiger partial charge in [0.25, 0.3) is 5.56 Å². The van der Waals surface area contributed by atoms with Gasteiger partial charge in [-0.15, -0.1) is 0 Å². The third-order valence-corrected chi connectivity index (χ3v) is 6.03. The first kappa shape index (κ1) is 24.5. The van der Waals surface area contributed by atoms with Gasteiger partial charge >= 0.3 is 17.8 Å². The van der Waals surface area contributed by atoms with Crippen LogP contribution in [0.25, 0.3) is 16.5 Å². The average molecular weight is 486 g/mol. The summed E-state index contributed by atoms with van der Waals surface area (Å²) in [6.07, 6.45) is -1.54. The van der Waals surface area contributed by atoms with E-state index < -0.39 is 29.9 Å². The van der Waals surface area contributed by atoms with E-state index in [-0.39, 0.29) is 27.0 Å². The fraction of sp³-hybridized carbons (Fsp3) is 0.320. The van der Waals surface area contributed by atoms with E-state index in [2.05, 4.69) is 28.1 Å². The Morgan fingerprint density at radius 1 is 1.00 bits per heavy atom. The van der Waals surface area contributed by atoms with Crippen molar-refractivity contribution in [3.05, 3.63) is 87.1 Å². The van der Waals surface area contributed by atoms with Crippen molar-refractivity contribution in [3.63, 3.8) is 0 Å². The molecular weight excluding hydrogens is 461 g/mol. The van der Waals surface area contributed by atoms with E-state index in [1.165, 1.54) is 29.3 Å². The number of H-pyrrole nitrogens is 1. The number of aromatic nitrogens is 2. The van der Waals surface area contributed by atoms with E-state index in [4.69, 9.17) is 0 Å². The first-order valence-corrected chi connectivity index (χ1v) is 11.4. The Morgan fingerprint density at radius 2 is 1.71 bits per heavy atom. The Balaban J connectivity index is 1.44. The number of halogens is 3. The number of aromatic amines is 1. The van der Waals surface area contributed by atoms with Crippen molar-refractivity contribution in [2.75, 3.05) is 31.2 Å². The van der Waals surface area contributed by atoms with E-state index in [1.807, 2.05) is 18.2 Å². The van der Waals surface area contributed by atoms with Crippen LogP contribution in [-0.4, -0.2) is 52.8 Å². The van der Waals surface area contributed by atoms with Crippen LogP contribution in [0, 0.1) is 0 Å². The molecule has 2 aromatic carbocycles. The highest BCUT2D eigenvalue weighted by molar-refractivity contribution is 5.91. The molecule has 0 saturated carbocycles. The fourth-order valence-corrected chi connectivity index (χ4v) is 4.24. The van der Waals surface area contributed by atoms with Gasteiger partial charge in [0.05, 0.1) is 10.9 Å². The van der Waals surface area contributed by atoms with Crippen molar-refractivity contribution in [2.24, 2.45) is 0 Å². The SMILES string of the molecule is O=C(N(CCCCN1CC=C(c2ccccc2)CC1)n1c(=O)[nH]c2ccccc2c1=O)C(F)(F)F. The standard InChI is InChI=1S/C25H25F3N4O3/c26-25(27,28)23(34)31(32-22(33)20-10-4-5-11-21(20)29-24(32)35)15-7-6-14-30-16-12-19(13-17-30)18-8-2-1-3-9-18/h1-5,8-12H,6-7,13-17H2,(H,29,35). The minimum Gasteiger partial charge on any atom is -0.305 e. The quantitative estimate of drug-likeness (QED) is 0.520. The van der Waals surface area contributed by atoms with Crippen LogP contribution in [-0.2, 0) is 4.79 Å². The summed E-state index contributed by atoms with van der Waals surface area (Å²) < 4.78 is 40.2. The smallest absolute Gasteiger partial charge is 0.305 e. The zero-order valence-electron chi connectivity index (χ0n) is 18.9. The molecule has 2 heterocycles. The molecule has 184 valence electrons. The van der Waals surface area contributed by atoms with Crippen LogP contribution in [0.5, 0.6) is 0 Å². The maximum atomic E-state index is 13.3. The van der Waals surface area contributed by atoms with E-state index in [1.54, 1.807) is 6.07 Å². The molecule has 0 atom stereocenters. The second kappa shape index (κ2) is 10.3. The summed E-state index contributed by atoms with van der Waals surface area (Å²) in [6, 6.07) is 16.0. The number of amides is 1.